The SMILES string of the molecule is O=[N+]([O-])c1cccc(NCc2cc(Cl)c(OCc3ccccc3)c(Cl)c2)c1. The molecule has 0 atom stereocenters. The van der Waals surface area contributed by atoms with Gasteiger partial charge in [0, 0.05) is 24.4 Å². The van der Waals surface area contributed by atoms with Crippen LogP contribution in [0.4, 0.5) is 11.4 Å². The number of nitro groups is 1. The number of anilines is 1. The molecule has 0 aliphatic carbocycles. The number of hydrogen-bond donors (Lipinski definition) is 1. The summed E-state index contributed by atoms with van der Waals surface area (Å²) in [7, 11) is 0. The van der Waals surface area contributed by atoms with Gasteiger partial charge < -0.3 is 10.1 Å². The number of nitrogens with zero attached hydrogens (tertiary/aromatic N) is 1. The van der Waals surface area contributed by atoms with E-state index >= 15 is 0 Å². The van der Waals surface area contributed by atoms with Gasteiger partial charge in [0.25, 0.3) is 5.69 Å². The molecule has 27 heavy (non-hydrogen) atoms. The number of nitrogens with one attached hydrogen (secondary N) is 1. The van der Waals surface area contributed by atoms with E-state index in [1.54, 1.807) is 24.3 Å². The molecule has 3 aromatic carbocycles. The largest absolute Gasteiger partial charge is 0.486 e. The summed E-state index contributed by atoms with van der Waals surface area (Å²) >= 11 is 12.6. The molecule has 0 amide bonds. The maximum atomic E-state index is 10.8. The summed E-state index contributed by atoms with van der Waals surface area (Å²) in [5.74, 6) is 0.432. The summed E-state index contributed by atoms with van der Waals surface area (Å²) in [6.45, 7) is 0.783. The van der Waals surface area contributed by atoms with E-state index in [1.807, 2.05) is 30.3 Å². The molecule has 1 N–H and O–H groups in total. The molecule has 0 aliphatic heterocycles. The highest BCUT2D eigenvalue weighted by molar-refractivity contribution is 6.37. The van der Waals surface area contributed by atoms with Crippen molar-refractivity contribution < 1.29 is 9.66 Å². The molecule has 7 heteroatoms. The zero-order valence-electron chi connectivity index (χ0n) is 14.2. The van der Waals surface area contributed by atoms with Crippen molar-refractivity contribution in [3.8, 4) is 5.75 Å². The Hall–Kier alpha value is -2.76. The Morgan fingerprint density at radius 1 is 0.926 bits per heavy atom. The number of nitro benzene ring substituents is 1. The third kappa shape index (κ3) is 5.12. The van der Waals surface area contributed by atoms with E-state index in [1.165, 1.54) is 12.1 Å². The third-order valence-electron chi connectivity index (χ3n) is 3.84. The van der Waals surface area contributed by atoms with E-state index < -0.39 is 4.92 Å². The molecule has 0 aromatic heterocycles. The first-order chi connectivity index (χ1) is 13.0. The first kappa shape index (κ1) is 19.0. The third-order valence-corrected chi connectivity index (χ3v) is 4.40. The molecule has 3 rings (SSSR count). The van der Waals surface area contributed by atoms with Crippen molar-refractivity contribution in [2.45, 2.75) is 13.2 Å². The highest BCUT2D eigenvalue weighted by Crippen LogP contribution is 2.35. The Balaban J connectivity index is 1.67. The molecular weight excluding hydrogens is 387 g/mol. The fraction of sp³-hybridized carbons (Fsp3) is 0.100. The lowest BCUT2D eigenvalue weighted by Gasteiger charge is -2.13. The molecule has 0 saturated carbocycles. The molecule has 0 heterocycles. The van der Waals surface area contributed by atoms with Gasteiger partial charge in [-0.1, -0.05) is 59.6 Å². The summed E-state index contributed by atoms with van der Waals surface area (Å²) in [6, 6.07) is 19.5. The van der Waals surface area contributed by atoms with Gasteiger partial charge in [0.2, 0.25) is 0 Å². The van der Waals surface area contributed by atoms with Crippen molar-refractivity contribution in [2.24, 2.45) is 0 Å². The second-order valence-corrected chi connectivity index (χ2v) is 6.64. The minimum Gasteiger partial charge on any atom is -0.486 e. The van der Waals surface area contributed by atoms with E-state index in [-0.39, 0.29) is 5.69 Å². The van der Waals surface area contributed by atoms with Crippen LogP contribution in [0.5, 0.6) is 5.75 Å². The Kier molecular flexibility index (Phi) is 6.16. The zero-order valence-corrected chi connectivity index (χ0v) is 15.7. The average Bonchev–Trinajstić information content (AvgIpc) is 2.67. The number of hydrogen-bond acceptors (Lipinski definition) is 4. The van der Waals surface area contributed by atoms with Crippen molar-refractivity contribution in [3.05, 3.63) is 98.0 Å². The topological polar surface area (TPSA) is 64.4 Å². The van der Waals surface area contributed by atoms with Gasteiger partial charge in [0.15, 0.2) is 5.75 Å². The smallest absolute Gasteiger partial charge is 0.271 e. The lowest BCUT2D eigenvalue weighted by atomic mass is 10.2. The first-order valence-corrected chi connectivity index (χ1v) is 8.91. The van der Waals surface area contributed by atoms with E-state index in [2.05, 4.69) is 5.32 Å². The summed E-state index contributed by atoms with van der Waals surface area (Å²) in [5.41, 5.74) is 2.52. The molecule has 0 spiro atoms. The van der Waals surface area contributed by atoms with Gasteiger partial charge in [-0.25, -0.2) is 0 Å². The van der Waals surface area contributed by atoms with Crippen molar-refractivity contribution in [1.29, 1.82) is 0 Å². The molecule has 3 aromatic rings. The van der Waals surface area contributed by atoms with Crippen LogP contribution in [0.3, 0.4) is 0 Å². The van der Waals surface area contributed by atoms with Crippen LogP contribution in [0.25, 0.3) is 0 Å². The summed E-state index contributed by atoms with van der Waals surface area (Å²) in [6.07, 6.45) is 0. The zero-order chi connectivity index (χ0) is 19.2. The summed E-state index contributed by atoms with van der Waals surface area (Å²) < 4.78 is 5.75. The molecule has 0 saturated heterocycles. The number of ether oxygens (including phenoxy) is 1. The molecular formula is C20H16Cl2N2O3. The molecule has 0 aliphatic rings. The molecule has 138 valence electrons. The Morgan fingerprint density at radius 2 is 1.63 bits per heavy atom. The van der Waals surface area contributed by atoms with E-state index in [4.69, 9.17) is 27.9 Å². The average molecular weight is 403 g/mol. The second kappa shape index (κ2) is 8.75. The van der Waals surface area contributed by atoms with Gasteiger partial charge in [-0.05, 0) is 29.3 Å². The van der Waals surface area contributed by atoms with Gasteiger partial charge in [0.05, 0.1) is 15.0 Å². The van der Waals surface area contributed by atoms with Gasteiger partial charge in [0.1, 0.15) is 6.61 Å². The number of rotatable bonds is 7. The van der Waals surface area contributed by atoms with Crippen molar-refractivity contribution in [3.63, 3.8) is 0 Å². The van der Waals surface area contributed by atoms with Crippen LogP contribution in [-0.4, -0.2) is 4.92 Å². The van der Waals surface area contributed by atoms with Crippen molar-refractivity contribution in [1.82, 2.24) is 0 Å². The summed E-state index contributed by atoms with van der Waals surface area (Å²) in [4.78, 5) is 10.4. The second-order valence-electron chi connectivity index (χ2n) is 5.82. The maximum absolute atomic E-state index is 10.8. The minimum atomic E-state index is -0.433. The predicted octanol–water partition coefficient (Wildman–Crippen LogP) is 6.09. The van der Waals surface area contributed by atoms with Crippen LogP contribution < -0.4 is 10.1 Å². The number of non-ortho nitro benzene ring substituents is 1. The van der Waals surface area contributed by atoms with Crippen LogP contribution in [-0.2, 0) is 13.2 Å². The van der Waals surface area contributed by atoms with Gasteiger partial charge >= 0.3 is 0 Å². The highest BCUT2D eigenvalue weighted by Gasteiger charge is 2.11. The van der Waals surface area contributed by atoms with Gasteiger partial charge in [-0.15, -0.1) is 0 Å². The lowest BCUT2D eigenvalue weighted by molar-refractivity contribution is -0.384. The van der Waals surface area contributed by atoms with Crippen LogP contribution in [0.1, 0.15) is 11.1 Å². The molecule has 0 unspecified atom stereocenters. The van der Waals surface area contributed by atoms with E-state index in [0.717, 1.165) is 11.1 Å². The molecule has 0 radical (unpaired) electrons. The van der Waals surface area contributed by atoms with Gasteiger partial charge in [-0.2, -0.15) is 0 Å². The Bertz CT molecular complexity index is 926. The minimum absolute atomic E-state index is 0.0284. The van der Waals surface area contributed by atoms with Crippen LogP contribution in [0.15, 0.2) is 66.7 Å². The first-order valence-electron chi connectivity index (χ1n) is 8.16. The Labute approximate surface area is 166 Å². The van der Waals surface area contributed by atoms with Crippen molar-refractivity contribution >= 4 is 34.6 Å². The molecule has 0 bridgehead atoms. The number of halogens is 2. The monoisotopic (exact) mass is 402 g/mol. The fourth-order valence-electron chi connectivity index (χ4n) is 2.52. The normalized spacial score (nSPS) is 10.4. The fourth-order valence-corrected chi connectivity index (χ4v) is 3.16. The van der Waals surface area contributed by atoms with E-state index in [9.17, 15) is 10.1 Å². The predicted molar refractivity (Wildman–Crippen MR) is 108 cm³/mol. The van der Waals surface area contributed by atoms with Gasteiger partial charge in [-0.3, -0.25) is 10.1 Å². The van der Waals surface area contributed by atoms with Crippen molar-refractivity contribution in [2.75, 3.05) is 5.32 Å². The standard InChI is InChI=1S/C20H16Cl2N2O3/c21-18-9-15(12-23-16-7-4-8-17(11-16)24(25)26)10-19(22)20(18)27-13-14-5-2-1-3-6-14/h1-11,23H,12-13H2. The maximum Gasteiger partial charge on any atom is 0.271 e. The Morgan fingerprint density at radius 3 is 2.30 bits per heavy atom. The quantitative estimate of drug-likeness (QED) is 0.383. The van der Waals surface area contributed by atoms with Crippen LogP contribution in [0, 0.1) is 10.1 Å². The lowest BCUT2D eigenvalue weighted by Crippen LogP contribution is -2.02. The van der Waals surface area contributed by atoms with Crippen LogP contribution in [0.2, 0.25) is 10.0 Å². The number of benzene rings is 3. The molecule has 0 fully saturated rings. The molecule has 5 nitrogen and oxygen atoms in total. The highest BCUT2D eigenvalue weighted by atomic mass is 35.5. The van der Waals surface area contributed by atoms with Crippen LogP contribution >= 0.6 is 23.2 Å². The van der Waals surface area contributed by atoms with E-state index in [0.29, 0.717) is 34.6 Å². The summed E-state index contributed by atoms with van der Waals surface area (Å²) in [5, 5.41) is 14.8.